The van der Waals surface area contributed by atoms with E-state index < -0.39 is 29.5 Å². The van der Waals surface area contributed by atoms with Crippen LogP contribution in [0.3, 0.4) is 0 Å². The van der Waals surface area contributed by atoms with E-state index in [1.165, 1.54) is 31.4 Å². The van der Waals surface area contributed by atoms with Gasteiger partial charge in [-0.25, -0.2) is 4.79 Å². The first-order chi connectivity index (χ1) is 13.2. The monoisotopic (exact) mass is 397 g/mol. The minimum Gasteiger partial charge on any atom is -0.467 e. The predicted molar refractivity (Wildman–Crippen MR) is 90.0 cm³/mol. The van der Waals surface area contributed by atoms with Gasteiger partial charge in [0.15, 0.2) is 0 Å². The molecule has 1 aromatic carbocycles. The van der Waals surface area contributed by atoms with Crippen molar-refractivity contribution in [1.29, 1.82) is 0 Å². The molecule has 1 fully saturated rings. The summed E-state index contributed by atoms with van der Waals surface area (Å²) in [6, 6.07) is 5.65. The van der Waals surface area contributed by atoms with Crippen LogP contribution < -0.4 is 5.32 Å². The van der Waals surface area contributed by atoms with Gasteiger partial charge in [-0.3, -0.25) is 4.79 Å². The van der Waals surface area contributed by atoms with Gasteiger partial charge in [0.25, 0.3) is 5.91 Å². The summed E-state index contributed by atoms with van der Waals surface area (Å²) in [5, 5.41) is 6.07. The second kappa shape index (κ2) is 7.61. The van der Waals surface area contributed by atoms with Gasteiger partial charge in [0.1, 0.15) is 5.54 Å². The number of nitrogens with zero attached hydrogens (tertiary/aromatic N) is 2. The number of aromatic nitrogens is 2. The van der Waals surface area contributed by atoms with Crippen LogP contribution in [0.15, 0.2) is 28.8 Å². The molecule has 0 bridgehead atoms. The number of hydrogen-bond donors (Lipinski definition) is 1. The minimum absolute atomic E-state index is 0.238. The predicted octanol–water partition coefficient (Wildman–Crippen LogP) is 3.36. The summed E-state index contributed by atoms with van der Waals surface area (Å²) in [6.45, 7) is 0. The third kappa shape index (κ3) is 4.00. The van der Waals surface area contributed by atoms with Crippen LogP contribution in [0.2, 0.25) is 0 Å². The summed E-state index contributed by atoms with van der Waals surface area (Å²) in [4.78, 5) is 28.1. The van der Waals surface area contributed by atoms with Gasteiger partial charge in [0, 0.05) is 11.1 Å². The van der Waals surface area contributed by atoms with E-state index in [0.717, 1.165) is 19.3 Å². The van der Waals surface area contributed by atoms with Gasteiger partial charge in [-0.2, -0.15) is 18.2 Å². The first-order valence-corrected chi connectivity index (χ1v) is 8.67. The van der Waals surface area contributed by atoms with Gasteiger partial charge < -0.3 is 14.6 Å². The van der Waals surface area contributed by atoms with Crippen LogP contribution in [0.25, 0.3) is 11.4 Å². The molecule has 1 aliphatic rings. The highest BCUT2D eigenvalue weighted by atomic mass is 19.4. The highest BCUT2D eigenvalue weighted by molar-refractivity contribution is 5.98. The molecule has 1 heterocycles. The second-order valence-electron chi connectivity index (χ2n) is 6.59. The molecule has 0 atom stereocenters. The molecule has 0 spiro atoms. The number of ether oxygens (including phenoxy) is 1. The largest absolute Gasteiger partial charge is 0.471 e. The fourth-order valence-corrected chi connectivity index (χ4v) is 3.25. The van der Waals surface area contributed by atoms with E-state index in [1.54, 1.807) is 0 Å². The molecule has 10 heteroatoms. The molecule has 1 amide bonds. The molecule has 1 N–H and O–H groups in total. The highest BCUT2D eigenvalue weighted by Crippen LogP contribution is 2.31. The Morgan fingerprint density at radius 3 is 2.32 bits per heavy atom. The number of carbonyl (C=O) groups is 2. The number of nitrogens with one attached hydrogen (secondary N) is 1. The number of methoxy groups -OCH3 is 1. The number of amides is 1. The molecule has 1 saturated carbocycles. The molecule has 0 saturated heterocycles. The van der Waals surface area contributed by atoms with E-state index >= 15 is 0 Å². The van der Waals surface area contributed by atoms with Crippen LogP contribution in [0.5, 0.6) is 0 Å². The smallest absolute Gasteiger partial charge is 0.467 e. The lowest BCUT2D eigenvalue weighted by Gasteiger charge is -2.35. The molecule has 2 aromatic rings. The third-order valence-electron chi connectivity index (χ3n) is 4.71. The number of benzene rings is 1. The van der Waals surface area contributed by atoms with E-state index in [2.05, 4.69) is 20.0 Å². The van der Waals surface area contributed by atoms with Crippen molar-refractivity contribution in [3.8, 4) is 11.4 Å². The molecule has 0 aliphatic heterocycles. The fourth-order valence-electron chi connectivity index (χ4n) is 3.25. The number of esters is 1. The van der Waals surface area contributed by atoms with Gasteiger partial charge in [0.05, 0.1) is 7.11 Å². The molecule has 7 nitrogen and oxygen atoms in total. The van der Waals surface area contributed by atoms with Crippen LogP contribution in [0, 0.1) is 0 Å². The Morgan fingerprint density at radius 2 is 1.79 bits per heavy atom. The van der Waals surface area contributed by atoms with Gasteiger partial charge >= 0.3 is 18.0 Å². The average molecular weight is 397 g/mol. The van der Waals surface area contributed by atoms with Crippen LogP contribution in [0.4, 0.5) is 13.2 Å². The standard InChI is InChI=1S/C18H18F3N3O4/c1-27-16(26)17(9-3-2-4-10-17)23-14(25)12-7-5-11(6-8-12)13-22-15(28-24-13)18(19,20)21/h5-8H,2-4,9-10H2,1H3,(H,23,25). The SMILES string of the molecule is COC(=O)C1(NC(=O)c2ccc(-c3noc(C(F)(F)F)n3)cc2)CCCCC1. The van der Waals surface area contributed by atoms with Crippen LogP contribution >= 0.6 is 0 Å². The second-order valence-corrected chi connectivity index (χ2v) is 6.59. The summed E-state index contributed by atoms with van der Waals surface area (Å²) in [5.74, 6) is -2.63. The van der Waals surface area contributed by atoms with Gasteiger partial charge in [-0.1, -0.05) is 36.6 Å². The van der Waals surface area contributed by atoms with E-state index in [0.29, 0.717) is 12.8 Å². The zero-order valence-corrected chi connectivity index (χ0v) is 15.0. The minimum atomic E-state index is -4.73. The maximum absolute atomic E-state index is 12.6. The molecule has 0 unspecified atom stereocenters. The van der Waals surface area contributed by atoms with Crippen molar-refractivity contribution < 1.29 is 32.0 Å². The number of rotatable bonds is 4. The Hall–Kier alpha value is -2.91. The maximum Gasteiger partial charge on any atom is 0.471 e. The van der Waals surface area contributed by atoms with Crippen molar-refractivity contribution in [2.75, 3.05) is 7.11 Å². The molecule has 150 valence electrons. The molecule has 0 radical (unpaired) electrons. The van der Waals surface area contributed by atoms with Gasteiger partial charge in [-0.05, 0) is 25.0 Å². The number of alkyl halides is 3. The summed E-state index contributed by atoms with van der Waals surface area (Å²) in [7, 11) is 1.28. The van der Waals surface area contributed by atoms with E-state index in [-0.39, 0.29) is 17.0 Å². The topological polar surface area (TPSA) is 94.3 Å². The van der Waals surface area contributed by atoms with E-state index in [9.17, 15) is 22.8 Å². The molecule has 28 heavy (non-hydrogen) atoms. The van der Waals surface area contributed by atoms with Gasteiger partial charge in [0.2, 0.25) is 5.82 Å². The number of hydrogen-bond acceptors (Lipinski definition) is 6. The molecular weight excluding hydrogens is 379 g/mol. The number of carbonyl (C=O) groups excluding carboxylic acids is 2. The van der Waals surface area contributed by atoms with Crippen molar-refractivity contribution in [2.45, 2.75) is 43.8 Å². The van der Waals surface area contributed by atoms with Crippen LogP contribution in [0.1, 0.15) is 48.4 Å². The van der Waals surface area contributed by atoms with Crippen LogP contribution in [-0.4, -0.2) is 34.7 Å². The first kappa shape index (κ1) is 19.8. The zero-order valence-electron chi connectivity index (χ0n) is 15.0. The van der Waals surface area contributed by atoms with Crippen molar-refractivity contribution in [3.05, 3.63) is 35.7 Å². The van der Waals surface area contributed by atoms with E-state index in [1.807, 2.05) is 0 Å². The normalized spacial score (nSPS) is 16.4. The van der Waals surface area contributed by atoms with Crippen molar-refractivity contribution >= 4 is 11.9 Å². The summed E-state index contributed by atoms with van der Waals surface area (Å²) in [6.07, 6.45) is -1.16. The third-order valence-corrected chi connectivity index (χ3v) is 4.71. The van der Waals surface area contributed by atoms with Crippen molar-refractivity contribution in [3.63, 3.8) is 0 Å². The molecule has 3 rings (SSSR count). The zero-order chi connectivity index (χ0) is 20.4. The molecule has 1 aromatic heterocycles. The van der Waals surface area contributed by atoms with E-state index in [4.69, 9.17) is 4.74 Å². The van der Waals surface area contributed by atoms with Crippen molar-refractivity contribution in [2.24, 2.45) is 0 Å². The lowest BCUT2D eigenvalue weighted by atomic mass is 9.81. The Morgan fingerprint density at radius 1 is 1.14 bits per heavy atom. The summed E-state index contributed by atoms with van der Waals surface area (Å²) in [5.41, 5.74) is -0.550. The van der Waals surface area contributed by atoms with Gasteiger partial charge in [-0.15, -0.1) is 0 Å². The van der Waals surface area contributed by atoms with Crippen LogP contribution in [-0.2, 0) is 15.7 Å². The Bertz CT molecular complexity index is 856. The maximum atomic E-state index is 12.6. The Labute approximate surface area is 158 Å². The lowest BCUT2D eigenvalue weighted by molar-refractivity contribution is -0.159. The summed E-state index contributed by atoms with van der Waals surface area (Å²) >= 11 is 0. The molecule has 1 aliphatic carbocycles. The quantitative estimate of drug-likeness (QED) is 0.795. The molecular formula is C18H18F3N3O4. The fraction of sp³-hybridized carbons (Fsp3) is 0.444. The van der Waals surface area contributed by atoms with Crippen molar-refractivity contribution in [1.82, 2.24) is 15.5 Å². The Kier molecular flexibility index (Phi) is 5.39. The lowest BCUT2D eigenvalue weighted by Crippen LogP contribution is -2.56. The number of halogens is 3. The summed E-state index contributed by atoms with van der Waals surface area (Å²) < 4.78 is 46.7. The first-order valence-electron chi connectivity index (χ1n) is 8.67. The average Bonchev–Trinajstić information content (AvgIpc) is 3.19. The highest BCUT2D eigenvalue weighted by Gasteiger charge is 2.42. The Balaban J connectivity index is 1.76.